The minimum Gasteiger partial charge on any atom is -0.480 e. The number of carboxylic acids is 1. The fourth-order valence-corrected chi connectivity index (χ4v) is 4.68. The second kappa shape index (κ2) is 12.4. The number of rotatable bonds is 11. The first-order chi connectivity index (χ1) is 18.3. The lowest BCUT2D eigenvalue weighted by atomic mass is 9.98. The van der Waals surface area contributed by atoms with Crippen molar-refractivity contribution < 1.29 is 29.0 Å². The van der Waals surface area contributed by atoms with Crippen LogP contribution in [0.1, 0.15) is 42.9 Å². The van der Waals surface area contributed by atoms with Crippen LogP contribution >= 0.6 is 0 Å². The summed E-state index contributed by atoms with van der Waals surface area (Å²) < 4.78 is 11.2. The van der Waals surface area contributed by atoms with E-state index >= 15 is 0 Å². The topological polar surface area (TPSA) is 114 Å². The maximum absolute atomic E-state index is 12.5. The first-order valence-electron chi connectivity index (χ1n) is 12.6. The van der Waals surface area contributed by atoms with Crippen LogP contribution in [0, 0.1) is 0 Å². The quantitative estimate of drug-likeness (QED) is 0.346. The normalized spacial score (nSPS) is 14.5. The summed E-state index contributed by atoms with van der Waals surface area (Å²) in [7, 11) is 0. The Morgan fingerprint density at radius 3 is 2.03 bits per heavy atom. The summed E-state index contributed by atoms with van der Waals surface area (Å²) in [6.07, 6.45) is -1.51. The molecule has 4 rings (SSSR count). The van der Waals surface area contributed by atoms with Crippen molar-refractivity contribution in [3.63, 3.8) is 0 Å². The molecule has 8 nitrogen and oxygen atoms in total. The molecule has 1 aliphatic carbocycles. The Labute approximate surface area is 222 Å². The number of nitrogens with one attached hydrogen (secondary N) is 2. The highest BCUT2D eigenvalue weighted by atomic mass is 16.5. The minimum atomic E-state index is -1.23. The number of fused-ring (bicyclic) bond motifs is 3. The van der Waals surface area contributed by atoms with Gasteiger partial charge in [-0.25, -0.2) is 9.59 Å². The lowest BCUT2D eigenvalue weighted by Gasteiger charge is -2.23. The van der Waals surface area contributed by atoms with Crippen LogP contribution in [0.25, 0.3) is 11.1 Å². The van der Waals surface area contributed by atoms with Crippen molar-refractivity contribution in [3.8, 4) is 11.1 Å². The second-order valence-corrected chi connectivity index (χ2v) is 9.46. The Bertz CT molecular complexity index is 1230. The number of alkyl carbamates (subject to hydrolysis) is 1. The zero-order valence-electron chi connectivity index (χ0n) is 21.4. The van der Waals surface area contributed by atoms with E-state index in [4.69, 9.17) is 9.47 Å². The first-order valence-corrected chi connectivity index (χ1v) is 12.6. The molecule has 2 amide bonds. The summed E-state index contributed by atoms with van der Waals surface area (Å²) in [6, 6.07) is 23.7. The summed E-state index contributed by atoms with van der Waals surface area (Å²) >= 11 is 0. The molecule has 0 bridgehead atoms. The van der Waals surface area contributed by atoms with Crippen LogP contribution in [-0.2, 0) is 25.7 Å². The fraction of sp³-hybridized carbons (Fsp3) is 0.300. The number of carbonyl (C=O) groups is 3. The molecular formula is C30H32N2O6. The van der Waals surface area contributed by atoms with Crippen molar-refractivity contribution in [2.45, 2.75) is 51.0 Å². The van der Waals surface area contributed by atoms with Crippen molar-refractivity contribution in [1.82, 2.24) is 10.6 Å². The zero-order chi connectivity index (χ0) is 27.1. The van der Waals surface area contributed by atoms with Crippen molar-refractivity contribution in [2.24, 2.45) is 0 Å². The molecular weight excluding hydrogens is 484 g/mol. The molecule has 0 radical (unpaired) electrons. The van der Waals surface area contributed by atoms with Crippen LogP contribution in [0.4, 0.5) is 4.79 Å². The number of amides is 2. The van der Waals surface area contributed by atoms with E-state index in [1.54, 1.807) is 13.8 Å². The van der Waals surface area contributed by atoms with Gasteiger partial charge in [-0.1, -0.05) is 78.9 Å². The molecule has 3 N–H and O–H groups in total. The van der Waals surface area contributed by atoms with Gasteiger partial charge in [0.1, 0.15) is 6.61 Å². The average Bonchev–Trinajstić information content (AvgIpc) is 3.23. The molecule has 0 heterocycles. The molecule has 3 atom stereocenters. The molecule has 0 spiro atoms. The fourth-order valence-electron chi connectivity index (χ4n) is 4.68. The number of benzene rings is 3. The van der Waals surface area contributed by atoms with E-state index in [2.05, 4.69) is 22.8 Å². The van der Waals surface area contributed by atoms with Gasteiger partial charge in [0.2, 0.25) is 5.91 Å². The molecule has 0 fully saturated rings. The molecule has 0 aromatic heterocycles. The van der Waals surface area contributed by atoms with Crippen molar-refractivity contribution in [3.05, 3.63) is 95.6 Å². The molecule has 8 heteroatoms. The number of hydrogen-bond acceptors (Lipinski definition) is 5. The van der Waals surface area contributed by atoms with E-state index < -0.39 is 36.2 Å². The Balaban J connectivity index is 1.25. The van der Waals surface area contributed by atoms with Crippen LogP contribution in [0.15, 0.2) is 78.9 Å². The Kier molecular flexibility index (Phi) is 8.76. The largest absolute Gasteiger partial charge is 0.480 e. The maximum atomic E-state index is 12.5. The van der Waals surface area contributed by atoms with E-state index in [0.29, 0.717) is 0 Å². The Morgan fingerprint density at radius 2 is 1.42 bits per heavy atom. The second-order valence-electron chi connectivity index (χ2n) is 9.46. The lowest BCUT2D eigenvalue weighted by Crippen LogP contribution is -2.50. The van der Waals surface area contributed by atoms with Crippen LogP contribution in [0.3, 0.4) is 0 Å². The third-order valence-electron chi connectivity index (χ3n) is 6.61. The van der Waals surface area contributed by atoms with E-state index in [-0.39, 0.29) is 25.6 Å². The van der Waals surface area contributed by atoms with Crippen molar-refractivity contribution >= 4 is 18.0 Å². The van der Waals surface area contributed by atoms with Gasteiger partial charge < -0.3 is 25.2 Å². The van der Waals surface area contributed by atoms with Gasteiger partial charge in [0.15, 0.2) is 6.04 Å². The first kappa shape index (κ1) is 26.9. The molecule has 3 aromatic rings. The monoisotopic (exact) mass is 516 g/mol. The summed E-state index contributed by atoms with van der Waals surface area (Å²) in [4.78, 5) is 36.8. The maximum Gasteiger partial charge on any atom is 0.407 e. The van der Waals surface area contributed by atoms with Crippen molar-refractivity contribution in [2.75, 3.05) is 6.61 Å². The number of carbonyl (C=O) groups excluding carboxylic acids is 2. The summed E-state index contributed by atoms with van der Waals surface area (Å²) in [5, 5.41) is 14.8. The Morgan fingerprint density at radius 1 is 0.842 bits per heavy atom. The standard InChI is InChI=1S/C30H32N2O6/c1-19(16-27(33)32-28(29(34)35)20(2)37-17-21-10-4-3-5-11-21)31-30(36)38-18-26-24-14-8-6-12-22(24)23-13-7-9-15-25(23)26/h3-15,19-20,26,28H,16-18H2,1-2H3,(H,31,36)(H,32,33)(H,34,35)/t19-,20+,28-/m1/s1. The van der Waals surface area contributed by atoms with Gasteiger partial charge >= 0.3 is 12.1 Å². The van der Waals surface area contributed by atoms with Crippen LogP contribution in [0.5, 0.6) is 0 Å². The van der Waals surface area contributed by atoms with Crippen LogP contribution < -0.4 is 10.6 Å². The van der Waals surface area contributed by atoms with Gasteiger partial charge in [-0.2, -0.15) is 0 Å². The van der Waals surface area contributed by atoms with E-state index in [9.17, 15) is 19.5 Å². The molecule has 38 heavy (non-hydrogen) atoms. The van der Waals surface area contributed by atoms with E-state index in [0.717, 1.165) is 27.8 Å². The highest BCUT2D eigenvalue weighted by molar-refractivity contribution is 5.84. The third-order valence-corrected chi connectivity index (χ3v) is 6.61. The van der Waals surface area contributed by atoms with Gasteiger partial charge in [-0.15, -0.1) is 0 Å². The van der Waals surface area contributed by atoms with Gasteiger partial charge in [0, 0.05) is 18.4 Å². The molecule has 0 aliphatic heterocycles. The van der Waals surface area contributed by atoms with Gasteiger partial charge in [-0.05, 0) is 41.7 Å². The Hall–Kier alpha value is -4.17. The third kappa shape index (κ3) is 6.58. The summed E-state index contributed by atoms with van der Waals surface area (Å²) in [5.74, 6) is -1.78. The average molecular weight is 517 g/mol. The minimum absolute atomic E-state index is 0.0690. The van der Waals surface area contributed by atoms with Gasteiger partial charge in [0.05, 0.1) is 12.7 Å². The SMILES string of the molecule is C[C@H](CC(=O)N[C@@H](C(=O)O)[C@H](C)OCc1ccccc1)NC(=O)OCC1c2ccccc2-c2ccccc21. The lowest BCUT2D eigenvalue weighted by molar-refractivity contribution is -0.146. The predicted octanol–water partition coefficient (Wildman–Crippen LogP) is 4.48. The molecule has 198 valence electrons. The molecule has 0 saturated heterocycles. The highest BCUT2D eigenvalue weighted by Crippen LogP contribution is 2.44. The summed E-state index contributed by atoms with van der Waals surface area (Å²) in [5.41, 5.74) is 5.39. The molecule has 0 unspecified atom stereocenters. The van der Waals surface area contributed by atoms with Gasteiger partial charge in [0.25, 0.3) is 0 Å². The molecule has 3 aromatic carbocycles. The molecule has 1 aliphatic rings. The van der Waals surface area contributed by atoms with Gasteiger partial charge in [-0.3, -0.25) is 4.79 Å². The highest BCUT2D eigenvalue weighted by Gasteiger charge is 2.30. The zero-order valence-corrected chi connectivity index (χ0v) is 21.4. The number of aliphatic carboxylic acids is 1. The number of hydrogen-bond donors (Lipinski definition) is 3. The predicted molar refractivity (Wildman–Crippen MR) is 143 cm³/mol. The number of ether oxygens (including phenoxy) is 2. The van der Waals surface area contributed by atoms with Crippen LogP contribution in [-0.4, -0.2) is 47.9 Å². The molecule has 0 saturated carbocycles. The van der Waals surface area contributed by atoms with E-state index in [1.165, 1.54) is 0 Å². The van der Waals surface area contributed by atoms with Crippen LogP contribution in [0.2, 0.25) is 0 Å². The van der Waals surface area contributed by atoms with E-state index in [1.807, 2.05) is 66.7 Å². The number of carboxylic acid groups (broad SMARTS) is 1. The summed E-state index contributed by atoms with van der Waals surface area (Å²) in [6.45, 7) is 3.64. The smallest absolute Gasteiger partial charge is 0.407 e. The van der Waals surface area contributed by atoms with Crippen molar-refractivity contribution in [1.29, 1.82) is 0 Å².